The van der Waals surface area contributed by atoms with Crippen molar-refractivity contribution in [3.63, 3.8) is 0 Å². The van der Waals surface area contributed by atoms with Gasteiger partial charge in [-0.2, -0.15) is 0 Å². The zero-order valence-electron chi connectivity index (χ0n) is 58.1. The molecule has 2 heterocycles. The molecule has 5 atom stereocenters. The van der Waals surface area contributed by atoms with E-state index < -0.39 is 37.5 Å². The van der Waals surface area contributed by atoms with Crippen molar-refractivity contribution in [1.82, 2.24) is 0 Å². The molecule has 2 aliphatic rings. The van der Waals surface area contributed by atoms with Crippen LogP contribution in [0.25, 0.3) is 6.08 Å². The number of ether oxygens (including phenoxy) is 7. The summed E-state index contributed by atoms with van der Waals surface area (Å²) in [5, 5.41) is 11.3. The monoisotopic (exact) mass is 1240 g/mol. The molecule has 1 spiro atoms. The normalized spacial score (nSPS) is 16.9. The summed E-state index contributed by atoms with van der Waals surface area (Å²) in [5.41, 5.74) is 0.359. The second kappa shape index (κ2) is 37.0. The topological polar surface area (TPSA) is 213 Å². The van der Waals surface area contributed by atoms with Gasteiger partial charge in [0.05, 0.1) is 42.6 Å². The van der Waals surface area contributed by atoms with E-state index in [1.807, 2.05) is 78.0 Å². The zero-order chi connectivity index (χ0) is 67.4. The lowest BCUT2D eigenvalue weighted by Gasteiger charge is -2.47. The van der Waals surface area contributed by atoms with E-state index >= 15 is 0 Å². The second-order valence-electron chi connectivity index (χ2n) is 28.8. The highest BCUT2D eigenvalue weighted by atomic mass is 32.3. The van der Waals surface area contributed by atoms with Crippen LogP contribution in [-0.4, -0.2) is 131 Å². The van der Waals surface area contributed by atoms with E-state index in [0.717, 1.165) is 49.7 Å². The Morgan fingerprint density at radius 2 is 1.39 bits per heavy atom. The Bertz CT molecular complexity index is 2460. The number of carbonyl (C=O) groups excluding carboxylic acids is 6. The van der Waals surface area contributed by atoms with Gasteiger partial charge in [0.2, 0.25) is 5.72 Å². The summed E-state index contributed by atoms with van der Waals surface area (Å²) < 4.78 is 38.4. The molecule has 0 N–H and O–H groups in total. The number of non-ortho nitro benzene ring substituents is 1. The Hall–Kier alpha value is -5.33. The molecule has 0 amide bonds. The molecular weight excluding hydrogens is 1130 g/mol. The molecule has 0 saturated heterocycles. The Morgan fingerprint density at radius 3 is 1.86 bits per heavy atom. The molecule has 4 rings (SSSR count). The molecule has 87 heavy (non-hydrogen) atoms. The van der Waals surface area contributed by atoms with Gasteiger partial charge in [0.25, 0.3) is 12.2 Å². The van der Waals surface area contributed by atoms with Crippen molar-refractivity contribution in [1.29, 1.82) is 0 Å². The number of esters is 3. The van der Waals surface area contributed by atoms with Crippen LogP contribution in [0, 0.1) is 55.4 Å². The number of nitro benzene ring substituents is 1. The minimum atomic E-state index is -1.16. The zero-order valence-corrected chi connectivity index (χ0v) is 58.9. The molecule has 0 fully saturated rings. The molecule has 0 bridgehead atoms. The van der Waals surface area contributed by atoms with E-state index in [1.165, 1.54) is 25.0 Å². The second-order valence-corrected chi connectivity index (χ2v) is 33.5. The van der Waals surface area contributed by atoms with E-state index in [-0.39, 0.29) is 72.5 Å². The van der Waals surface area contributed by atoms with Crippen LogP contribution in [0.4, 0.5) is 11.4 Å². The fourth-order valence-corrected chi connectivity index (χ4v) is 10.7. The SMILES string of the molecule is CC(C)(C)S(C)(C)CCCOCCOC=O.CC(C)C(C)C=O.CC(C=O)CC(C)(C)C.CCCC(=O)OCC(C)(COC)C(=O)OCCN1c2ccccc2C(C)(C)C12C=Cc1cc([N+](=O)[O-])ccc1O2.CCOC(=O)C(CC(C)(C)C)C(C)(C)C. The van der Waals surface area contributed by atoms with Crippen molar-refractivity contribution < 1.29 is 66.8 Å². The maximum atomic E-state index is 13.2. The number of hydrogen-bond donors (Lipinski definition) is 0. The van der Waals surface area contributed by atoms with Crippen molar-refractivity contribution in [2.45, 2.75) is 193 Å². The number of anilines is 1. The third-order valence-electron chi connectivity index (χ3n) is 15.5. The molecule has 17 nitrogen and oxygen atoms in total. The van der Waals surface area contributed by atoms with Gasteiger partial charge in [0.15, 0.2) is 0 Å². The third-order valence-corrected chi connectivity index (χ3v) is 20.1. The summed E-state index contributed by atoms with van der Waals surface area (Å²) in [6.07, 6.45) is 14.4. The Labute approximate surface area is 526 Å². The number of nitrogens with zero attached hydrogens (tertiary/aromatic N) is 2. The largest absolute Gasteiger partial charge is 0.466 e. The molecule has 0 saturated carbocycles. The number of carbonyl (C=O) groups is 6. The highest BCUT2D eigenvalue weighted by molar-refractivity contribution is 8.33. The number of fused-ring (bicyclic) bond motifs is 2. The van der Waals surface area contributed by atoms with Crippen LogP contribution >= 0.6 is 10.0 Å². The Kier molecular flexibility index (Phi) is 34.7. The lowest BCUT2D eigenvalue weighted by atomic mass is 9.72. The number of nitro groups is 1. The Balaban J connectivity index is 0.00000129. The van der Waals surface area contributed by atoms with Crippen molar-refractivity contribution in [3.8, 4) is 5.75 Å². The van der Waals surface area contributed by atoms with Gasteiger partial charge in [-0.15, -0.1) is 0 Å². The molecule has 2 aromatic carbocycles. The number of aldehydes is 2. The van der Waals surface area contributed by atoms with Gasteiger partial charge in [-0.05, 0) is 128 Å². The van der Waals surface area contributed by atoms with Gasteiger partial charge in [0, 0.05) is 55.4 Å². The summed E-state index contributed by atoms with van der Waals surface area (Å²) in [7, 11) is 0.915. The van der Waals surface area contributed by atoms with Crippen LogP contribution in [-0.2, 0) is 62.6 Å². The van der Waals surface area contributed by atoms with E-state index in [4.69, 9.17) is 28.4 Å². The average Bonchev–Trinajstić information content (AvgIpc) is 1.56. The minimum absolute atomic E-state index is 0.0137. The highest BCUT2D eigenvalue weighted by Gasteiger charge is 2.59. The molecule has 2 aromatic rings. The molecule has 0 aromatic heterocycles. The summed E-state index contributed by atoms with van der Waals surface area (Å²) in [4.78, 5) is 79.8. The number of benzene rings is 2. The number of hydrogen-bond acceptors (Lipinski definition) is 16. The summed E-state index contributed by atoms with van der Waals surface area (Å²) in [6.45, 7) is 46.4. The molecule has 18 heteroatoms. The number of methoxy groups -OCH3 is 1. The lowest BCUT2D eigenvalue weighted by molar-refractivity contribution is -0.384. The number of para-hydroxylation sites is 1. The van der Waals surface area contributed by atoms with Crippen molar-refractivity contribution in [2.24, 2.45) is 45.3 Å². The first-order valence-electron chi connectivity index (χ1n) is 30.8. The van der Waals surface area contributed by atoms with E-state index in [9.17, 15) is 38.9 Å². The molecule has 2 aliphatic heterocycles. The maximum absolute atomic E-state index is 13.2. The highest BCUT2D eigenvalue weighted by Crippen LogP contribution is 2.55. The van der Waals surface area contributed by atoms with Crippen LogP contribution in [0.1, 0.15) is 189 Å². The minimum Gasteiger partial charge on any atom is -0.466 e. The molecule has 0 aliphatic carbocycles. The number of rotatable bonds is 26. The van der Waals surface area contributed by atoms with Crippen molar-refractivity contribution in [3.05, 3.63) is 69.8 Å². The third kappa shape index (κ3) is 27.9. The quantitative estimate of drug-likeness (QED) is 0.0214. The van der Waals surface area contributed by atoms with Gasteiger partial charge < -0.3 is 47.6 Å². The first-order chi connectivity index (χ1) is 40.0. The average molecular weight is 1250 g/mol. The first kappa shape index (κ1) is 81.7. The van der Waals surface area contributed by atoms with Gasteiger partial charge in [-0.25, -0.2) is 10.0 Å². The van der Waals surface area contributed by atoms with Crippen molar-refractivity contribution in [2.75, 3.05) is 83.1 Å². The smallest absolute Gasteiger partial charge is 0.317 e. The van der Waals surface area contributed by atoms with E-state index in [0.29, 0.717) is 66.7 Å². The summed E-state index contributed by atoms with van der Waals surface area (Å²) >= 11 is 0. The standard InChI is InChI=1S/C30H36N2O8.C13H26O2.C12H26O3S.C8H16O.C6H12O/c1-6-9-26(33)39-20-29(4,19-37-5)27(34)38-17-16-31-24-11-8-7-10-23(24)28(2,3)30(31)15-14-21-18-22(32(35)36)12-13-25(21)40-30;1-8-15-11(14)10(13(5,6)7)9-12(2,3)4;1-12(2,3)16(4,5)10-6-7-14-8-9-15-11-13;1-7(6-9)5-8(2,3)4;1-5(2)6(3)4-7/h7-8,10-15,18H,6,9,16-17,19-20H2,1-5H3;10H,8-9H2,1-7H3;11H,6-10H2,1-5H3;6-7H,5H2,1-4H3;4-6H,1-3H3. The Morgan fingerprint density at radius 1 is 0.782 bits per heavy atom. The maximum Gasteiger partial charge on any atom is 0.317 e. The molecule has 0 radical (unpaired) electrons. The van der Waals surface area contributed by atoms with Gasteiger partial charge in [0.1, 0.15) is 43.6 Å². The lowest BCUT2D eigenvalue weighted by Crippen LogP contribution is -2.60. The van der Waals surface area contributed by atoms with Crippen LogP contribution in [0.2, 0.25) is 0 Å². The summed E-state index contributed by atoms with van der Waals surface area (Å²) in [6, 6.07) is 12.5. The molecular formula is C69H116N2O15S. The van der Waals surface area contributed by atoms with Crippen LogP contribution in [0.5, 0.6) is 5.75 Å². The molecule has 5 unspecified atom stereocenters. The predicted molar refractivity (Wildman–Crippen MR) is 354 cm³/mol. The fourth-order valence-electron chi connectivity index (χ4n) is 9.24. The van der Waals surface area contributed by atoms with Crippen molar-refractivity contribution >= 4 is 64.4 Å². The van der Waals surface area contributed by atoms with Gasteiger partial charge >= 0.3 is 17.9 Å². The fraction of sp³-hybridized carbons (Fsp3) is 0.710. The van der Waals surface area contributed by atoms with Gasteiger partial charge in [-0.3, -0.25) is 29.3 Å². The molecule has 498 valence electrons. The first-order valence-corrected chi connectivity index (χ1v) is 33.4. The summed E-state index contributed by atoms with van der Waals surface area (Å²) in [5.74, 6) is 1.71. The van der Waals surface area contributed by atoms with Crippen LogP contribution in [0.15, 0.2) is 48.5 Å². The van der Waals surface area contributed by atoms with Gasteiger partial charge in [-0.1, -0.05) is 136 Å². The van der Waals surface area contributed by atoms with Crippen LogP contribution in [0.3, 0.4) is 0 Å². The van der Waals surface area contributed by atoms with E-state index in [1.54, 1.807) is 13.0 Å². The van der Waals surface area contributed by atoms with Crippen LogP contribution < -0.4 is 9.64 Å². The predicted octanol–water partition coefficient (Wildman–Crippen LogP) is 14.8. The van der Waals surface area contributed by atoms with E-state index in [2.05, 4.69) is 119 Å².